The average molecular weight is 219 g/mol. The first-order valence-electron chi connectivity index (χ1n) is 4.88. The number of benzene rings is 1. The van der Waals surface area contributed by atoms with Crippen LogP contribution >= 0.6 is 0 Å². The van der Waals surface area contributed by atoms with E-state index in [4.69, 9.17) is 4.74 Å². The summed E-state index contributed by atoms with van der Waals surface area (Å²) in [6.45, 7) is 5.36. The molecule has 1 aromatic rings. The van der Waals surface area contributed by atoms with Crippen molar-refractivity contribution in [2.75, 3.05) is 11.9 Å². The van der Waals surface area contributed by atoms with Gasteiger partial charge in [0.05, 0.1) is 17.9 Å². The van der Waals surface area contributed by atoms with Crippen molar-refractivity contribution in [3.63, 3.8) is 0 Å². The number of rotatable bonds is 4. The SMILES string of the molecule is C=CC(=O)Nc1ccccc1C(=O)OCC. The van der Waals surface area contributed by atoms with Crippen LogP contribution in [-0.4, -0.2) is 18.5 Å². The number of ether oxygens (including phenoxy) is 1. The predicted octanol–water partition coefficient (Wildman–Crippen LogP) is 1.99. The number of hydrogen-bond donors (Lipinski definition) is 1. The lowest BCUT2D eigenvalue weighted by molar-refractivity contribution is -0.111. The van der Waals surface area contributed by atoms with E-state index in [1.807, 2.05) is 0 Å². The van der Waals surface area contributed by atoms with Gasteiger partial charge in [-0.05, 0) is 25.1 Å². The maximum atomic E-state index is 11.5. The first-order chi connectivity index (χ1) is 7.69. The summed E-state index contributed by atoms with van der Waals surface area (Å²) in [5, 5.41) is 2.54. The van der Waals surface area contributed by atoms with Gasteiger partial charge in [-0.1, -0.05) is 18.7 Å². The van der Waals surface area contributed by atoms with Gasteiger partial charge in [0.1, 0.15) is 0 Å². The van der Waals surface area contributed by atoms with Gasteiger partial charge >= 0.3 is 5.97 Å². The number of para-hydroxylation sites is 1. The number of nitrogens with one attached hydrogen (secondary N) is 1. The Labute approximate surface area is 93.9 Å². The van der Waals surface area contributed by atoms with E-state index in [9.17, 15) is 9.59 Å². The highest BCUT2D eigenvalue weighted by atomic mass is 16.5. The Balaban J connectivity index is 2.95. The molecule has 0 saturated carbocycles. The molecule has 4 heteroatoms. The van der Waals surface area contributed by atoms with Crippen molar-refractivity contribution in [2.45, 2.75) is 6.92 Å². The summed E-state index contributed by atoms with van der Waals surface area (Å²) in [4.78, 5) is 22.7. The zero-order valence-electron chi connectivity index (χ0n) is 9.03. The monoisotopic (exact) mass is 219 g/mol. The van der Waals surface area contributed by atoms with E-state index in [2.05, 4.69) is 11.9 Å². The molecular formula is C12H13NO3. The summed E-state index contributed by atoms with van der Waals surface area (Å²) in [6, 6.07) is 6.65. The van der Waals surface area contributed by atoms with Crippen molar-refractivity contribution in [1.29, 1.82) is 0 Å². The lowest BCUT2D eigenvalue weighted by atomic mass is 10.2. The lowest BCUT2D eigenvalue weighted by Gasteiger charge is -2.08. The molecule has 16 heavy (non-hydrogen) atoms. The molecule has 0 radical (unpaired) electrons. The second kappa shape index (κ2) is 5.70. The molecule has 0 heterocycles. The van der Waals surface area contributed by atoms with Gasteiger partial charge in [0.25, 0.3) is 0 Å². The number of esters is 1. The van der Waals surface area contributed by atoms with Crippen molar-refractivity contribution in [1.82, 2.24) is 0 Å². The normalized spacial score (nSPS) is 9.31. The standard InChI is InChI=1S/C12H13NO3/c1-3-11(14)13-10-8-6-5-7-9(10)12(15)16-4-2/h3,5-8H,1,4H2,2H3,(H,13,14). The van der Waals surface area contributed by atoms with E-state index in [1.54, 1.807) is 31.2 Å². The van der Waals surface area contributed by atoms with Crippen molar-refractivity contribution >= 4 is 17.6 Å². The fourth-order valence-corrected chi connectivity index (χ4v) is 1.16. The van der Waals surface area contributed by atoms with E-state index in [0.29, 0.717) is 17.9 Å². The van der Waals surface area contributed by atoms with Gasteiger partial charge in [0.2, 0.25) is 5.91 Å². The molecule has 0 aliphatic rings. The van der Waals surface area contributed by atoms with Crippen LogP contribution in [0.5, 0.6) is 0 Å². The van der Waals surface area contributed by atoms with Crippen molar-refractivity contribution in [2.24, 2.45) is 0 Å². The van der Waals surface area contributed by atoms with E-state index in [-0.39, 0.29) is 5.91 Å². The zero-order valence-corrected chi connectivity index (χ0v) is 9.03. The molecule has 1 amide bonds. The summed E-state index contributed by atoms with van der Waals surface area (Å²) >= 11 is 0. The van der Waals surface area contributed by atoms with Gasteiger partial charge in [-0.15, -0.1) is 0 Å². The molecule has 0 aliphatic carbocycles. The molecule has 1 N–H and O–H groups in total. The van der Waals surface area contributed by atoms with Crippen LogP contribution in [0.3, 0.4) is 0 Å². The van der Waals surface area contributed by atoms with Crippen LogP contribution in [0.4, 0.5) is 5.69 Å². The second-order valence-corrected chi connectivity index (χ2v) is 2.96. The number of anilines is 1. The molecule has 0 saturated heterocycles. The molecule has 0 fully saturated rings. The van der Waals surface area contributed by atoms with Crippen LogP contribution in [0.2, 0.25) is 0 Å². The molecule has 0 unspecified atom stereocenters. The maximum absolute atomic E-state index is 11.5. The molecule has 0 spiro atoms. The Morgan fingerprint density at radius 3 is 2.75 bits per heavy atom. The minimum atomic E-state index is -0.456. The predicted molar refractivity (Wildman–Crippen MR) is 61.2 cm³/mol. The minimum Gasteiger partial charge on any atom is -0.462 e. The summed E-state index contributed by atoms with van der Waals surface area (Å²) in [5.74, 6) is -0.820. The first-order valence-corrected chi connectivity index (χ1v) is 4.88. The Bertz CT molecular complexity index is 412. The van der Waals surface area contributed by atoms with Crippen molar-refractivity contribution < 1.29 is 14.3 Å². The highest BCUT2D eigenvalue weighted by molar-refractivity contribution is 6.04. The summed E-state index contributed by atoms with van der Waals surface area (Å²) in [7, 11) is 0. The van der Waals surface area contributed by atoms with Crippen LogP contribution in [0.1, 0.15) is 17.3 Å². The third-order valence-electron chi connectivity index (χ3n) is 1.87. The zero-order chi connectivity index (χ0) is 12.0. The van der Waals surface area contributed by atoms with Crippen LogP contribution in [0, 0.1) is 0 Å². The van der Waals surface area contributed by atoms with E-state index in [0.717, 1.165) is 6.08 Å². The van der Waals surface area contributed by atoms with Gasteiger partial charge < -0.3 is 10.1 Å². The molecule has 84 valence electrons. The summed E-state index contributed by atoms with van der Waals surface area (Å²) < 4.78 is 4.87. The number of carbonyl (C=O) groups excluding carboxylic acids is 2. The van der Waals surface area contributed by atoms with Gasteiger partial charge in [-0.3, -0.25) is 4.79 Å². The highest BCUT2D eigenvalue weighted by Crippen LogP contribution is 2.16. The topological polar surface area (TPSA) is 55.4 Å². The quantitative estimate of drug-likeness (QED) is 0.622. The Morgan fingerprint density at radius 2 is 2.12 bits per heavy atom. The van der Waals surface area contributed by atoms with Gasteiger partial charge in [-0.25, -0.2) is 4.79 Å². The lowest BCUT2D eigenvalue weighted by Crippen LogP contribution is -2.13. The molecule has 0 atom stereocenters. The van der Waals surface area contributed by atoms with Crippen molar-refractivity contribution in [3.05, 3.63) is 42.5 Å². The Hall–Kier alpha value is -2.10. The highest BCUT2D eigenvalue weighted by Gasteiger charge is 2.12. The maximum Gasteiger partial charge on any atom is 0.340 e. The summed E-state index contributed by atoms with van der Waals surface area (Å²) in [5.41, 5.74) is 0.755. The molecule has 0 aliphatic heterocycles. The largest absolute Gasteiger partial charge is 0.462 e. The fraction of sp³-hybridized carbons (Fsp3) is 0.167. The van der Waals surface area contributed by atoms with Gasteiger partial charge in [-0.2, -0.15) is 0 Å². The number of carbonyl (C=O) groups is 2. The van der Waals surface area contributed by atoms with E-state index < -0.39 is 5.97 Å². The number of hydrogen-bond acceptors (Lipinski definition) is 3. The third kappa shape index (κ3) is 2.95. The van der Waals surface area contributed by atoms with Crippen LogP contribution in [0.25, 0.3) is 0 Å². The molecule has 1 aromatic carbocycles. The van der Waals surface area contributed by atoms with Gasteiger partial charge in [0, 0.05) is 0 Å². The molecule has 0 bridgehead atoms. The molecular weight excluding hydrogens is 206 g/mol. The Morgan fingerprint density at radius 1 is 1.44 bits per heavy atom. The first kappa shape index (κ1) is 12.0. The van der Waals surface area contributed by atoms with Crippen LogP contribution in [-0.2, 0) is 9.53 Å². The molecule has 0 aromatic heterocycles. The minimum absolute atomic E-state index is 0.294. The second-order valence-electron chi connectivity index (χ2n) is 2.96. The van der Waals surface area contributed by atoms with Crippen LogP contribution in [0.15, 0.2) is 36.9 Å². The van der Waals surface area contributed by atoms with E-state index in [1.165, 1.54) is 0 Å². The van der Waals surface area contributed by atoms with E-state index >= 15 is 0 Å². The summed E-state index contributed by atoms with van der Waals surface area (Å²) in [6.07, 6.45) is 1.14. The fourth-order valence-electron chi connectivity index (χ4n) is 1.16. The third-order valence-corrected chi connectivity index (χ3v) is 1.87. The van der Waals surface area contributed by atoms with Crippen LogP contribution < -0.4 is 5.32 Å². The molecule has 1 rings (SSSR count). The Kier molecular flexibility index (Phi) is 4.27. The number of amides is 1. The smallest absolute Gasteiger partial charge is 0.340 e. The molecule has 4 nitrogen and oxygen atoms in total. The van der Waals surface area contributed by atoms with Gasteiger partial charge in [0.15, 0.2) is 0 Å². The average Bonchev–Trinajstić information content (AvgIpc) is 2.30. The van der Waals surface area contributed by atoms with Crippen molar-refractivity contribution in [3.8, 4) is 0 Å².